The largest absolute Gasteiger partial charge is 0.454 e. The molecule has 0 aliphatic heterocycles. The molecule has 6 nitrogen and oxygen atoms in total. The maximum atomic E-state index is 12.2. The van der Waals surface area contributed by atoms with Crippen molar-refractivity contribution in [3.05, 3.63) is 60.2 Å². The number of esters is 1. The molecule has 1 fully saturated rings. The Morgan fingerprint density at radius 3 is 2.29 bits per heavy atom. The Morgan fingerprint density at radius 2 is 1.64 bits per heavy atom. The first-order valence-electron chi connectivity index (χ1n) is 9.41. The molecule has 0 aromatic heterocycles. The molecule has 2 aromatic rings. The van der Waals surface area contributed by atoms with Crippen LogP contribution in [0, 0.1) is 5.92 Å². The molecule has 0 spiro atoms. The first kappa shape index (κ1) is 19.6. The van der Waals surface area contributed by atoms with Crippen molar-refractivity contribution in [3.63, 3.8) is 0 Å². The average molecular weight is 380 g/mol. The van der Waals surface area contributed by atoms with E-state index in [0.29, 0.717) is 11.5 Å². The third kappa shape index (κ3) is 5.67. The lowest BCUT2D eigenvalue weighted by molar-refractivity contribution is -0.147. The van der Waals surface area contributed by atoms with E-state index >= 15 is 0 Å². The number of carbonyl (C=O) groups excluding carboxylic acids is 3. The van der Waals surface area contributed by atoms with Crippen LogP contribution in [0.5, 0.6) is 0 Å². The lowest BCUT2D eigenvalue weighted by Crippen LogP contribution is -2.38. The summed E-state index contributed by atoms with van der Waals surface area (Å²) in [4.78, 5) is 35.6. The summed E-state index contributed by atoms with van der Waals surface area (Å²) in [5, 5.41) is 5.31. The fourth-order valence-corrected chi connectivity index (χ4v) is 2.91. The third-order valence-electron chi connectivity index (χ3n) is 4.73. The molecule has 2 N–H and O–H groups in total. The van der Waals surface area contributed by atoms with E-state index in [2.05, 4.69) is 10.6 Å². The number of hydrogen-bond acceptors (Lipinski definition) is 4. The van der Waals surface area contributed by atoms with E-state index < -0.39 is 5.97 Å². The van der Waals surface area contributed by atoms with Crippen LogP contribution in [0.3, 0.4) is 0 Å². The molecule has 0 bridgehead atoms. The molecule has 1 aliphatic rings. The van der Waals surface area contributed by atoms with Crippen LogP contribution in [0.15, 0.2) is 54.6 Å². The SMILES string of the molecule is C[C@@H](NC(=O)COC(=O)CNC(=O)c1ccc(-c2ccccc2)cc1)C1CC1. The molecule has 1 saturated carbocycles. The van der Waals surface area contributed by atoms with Gasteiger partial charge in [0.25, 0.3) is 11.8 Å². The topological polar surface area (TPSA) is 84.5 Å². The van der Waals surface area contributed by atoms with Crippen LogP contribution in [0.2, 0.25) is 0 Å². The Hall–Kier alpha value is -3.15. The highest BCUT2D eigenvalue weighted by Gasteiger charge is 2.28. The van der Waals surface area contributed by atoms with Crippen molar-refractivity contribution in [2.75, 3.05) is 13.2 Å². The lowest BCUT2D eigenvalue weighted by Gasteiger charge is -2.12. The number of rotatable bonds is 8. The predicted molar refractivity (Wildman–Crippen MR) is 105 cm³/mol. The molecule has 146 valence electrons. The number of amides is 2. The highest BCUT2D eigenvalue weighted by Crippen LogP contribution is 2.32. The van der Waals surface area contributed by atoms with Crippen molar-refractivity contribution in [2.24, 2.45) is 5.92 Å². The quantitative estimate of drug-likeness (QED) is 0.690. The van der Waals surface area contributed by atoms with E-state index in [-0.39, 0.29) is 31.0 Å². The Labute approximate surface area is 164 Å². The number of ether oxygens (including phenoxy) is 1. The van der Waals surface area contributed by atoms with E-state index in [1.54, 1.807) is 12.1 Å². The molecule has 3 rings (SSSR count). The summed E-state index contributed by atoms with van der Waals surface area (Å²) in [6.07, 6.45) is 2.25. The summed E-state index contributed by atoms with van der Waals surface area (Å²) >= 11 is 0. The molecule has 0 unspecified atom stereocenters. The van der Waals surface area contributed by atoms with Crippen LogP contribution >= 0.6 is 0 Å². The fourth-order valence-electron chi connectivity index (χ4n) is 2.91. The second kappa shape index (κ2) is 9.17. The monoisotopic (exact) mass is 380 g/mol. The van der Waals surface area contributed by atoms with Gasteiger partial charge in [0.2, 0.25) is 0 Å². The van der Waals surface area contributed by atoms with Gasteiger partial charge in [-0.05, 0) is 48.9 Å². The maximum absolute atomic E-state index is 12.2. The summed E-state index contributed by atoms with van der Waals surface area (Å²) in [5.41, 5.74) is 2.51. The van der Waals surface area contributed by atoms with Gasteiger partial charge in [0.15, 0.2) is 6.61 Å². The van der Waals surface area contributed by atoms with Crippen LogP contribution in [-0.2, 0) is 14.3 Å². The smallest absolute Gasteiger partial charge is 0.325 e. The number of nitrogens with one attached hydrogen (secondary N) is 2. The summed E-state index contributed by atoms with van der Waals surface area (Å²) in [6.45, 7) is 1.32. The molecule has 6 heteroatoms. The van der Waals surface area contributed by atoms with E-state index in [4.69, 9.17) is 4.74 Å². The van der Waals surface area contributed by atoms with Crippen molar-refractivity contribution in [2.45, 2.75) is 25.8 Å². The zero-order valence-corrected chi connectivity index (χ0v) is 15.8. The van der Waals surface area contributed by atoms with Gasteiger partial charge >= 0.3 is 5.97 Å². The van der Waals surface area contributed by atoms with E-state index in [1.807, 2.05) is 49.4 Å². The number of carbonyl (C=O) groups is 3. The van der Waals surface area contributed by atoms with Crippen LogP contribution < -0.4 is 10.6 Å². The molecule has 1 atom stereocenters. The van der Waals surface area contributed by atoms with Crippen molar-refractivity contribution in [1.82, 2.24) is 10.6 Å². The minimum absolute atomic E-state index is 0.102. The molecule has 0 saturated heterocycles. The molecule has 1 aliphatic carbocycles. The number of hydrogen-bond donors (Lipinski definition) is 2. The van der Waals surface area contributed by atoms with Crippen LogP contribution in [0.4, 0.5) is 0 Å². The van der Waals surface area contributed by atoms with Gasteiger partial charge in [-0.1, -0.05) is 42.5 Å². The van der Waals surface area contributed by atoms with E-state index in [1.165, 1.54) is 0 Å². The standard InChI is InChI=1S/C22H24N2O4/c1-15(16-7-8-16)24-20(25)14-28-21(26)13-23-22(27)19-11-9-18(10-12-19)17-5-3-2-4-6-17/h2-6,9-12,15-16H,7-8,13-14H2,1H3,(H,23,27)(H,24,25)/t15-/m1/s1. The minimum atomic E-state index is -0.650. The second-order valence-corrected chi connectivity index (χ2v) is 6.98. The van der Waals surface area contributed by atoms with Gasteiger partial charge in [0, 0.05) is 11.6 Å². The molecule has 28 heavy (non-hydrogen) atoms. The van der Waals surface area contributed by atoms with Gasteiger partial charge in [0.05, 0.1) is 0 Å². The first-order valence-corrected chi connectivity index (χ1v) is 9.41. The first-order chi connectivity index (χ1) is 13.5. The van der Waals surface area contributed by atoms with Crippen molar-refractivity contribution in [1.29, 1.82) is 0 Å². The molecule has 0 heterocycles. The van der Waals surface area contributed by atoms with Crippen molar-refractivity contribution in [3.8, 4) is 11.1 Å². The normalized spacial score (nSPS) is 14.0. The van der Waals surface area contributed by atoms with Crippen LogP contribution in [0.1, 0.15) is 30.1 Å². The maximum Gasteiger partial charge on any atom is 0.325 e. The van der Waals surface area contributed by atoms with Gasteiger partial charge in [-0.15, -0.1) is 0 Å². The van der Waals surface area contributed by atoms with Gasteiger partial charge in [-0.2, -0.15) is 0 Å². The van der Waals surface area contributed by atoms with Crippen molar-refractivity contribution >= 4 is 17.8 Å². The van der Waals surface area contributed by atoms with Gasteiger partial charge in [0.1, 0.15) is 6.54 Å². The summed E-state index contributed by atoms with van der Waals surface area (Å²) in [7, 11) is 0. The number of benzene rings is 2. The zero-order valence-electron chi connectivity index (χ0n) is 15.8. The van der Waals surface area contributed by atoms with Crippen LogP contribution in [0.25, 0.3) is 11.1 Å². The Morgan fingerprint density at radius 1 is 1.00 bits per heavy atom. The zero-order chi connectivity index (χ0) is 19.9. The summed E-state index contributed by atoms with van der Waals surface area (Å²) < 4.78 is 4.90. The third-order valence-corrected chi connectivity index (χ3v) is 4.73. The summed E-state index contributed by atoms with van der Waals surface area (Å²) in [6, 6.07) is 17.1. The average Bonchev–Trinajstić information content (AvgIpc) is 3.57. The van der Waals surface area contributed by atoms with Crippen molar-refractivity contribution < 1.29 is 19.1 Å². The van der Waals surface area contributed by atoms with E-state index in [9.17, 15) is 14.4 Å². The molecule has 2 amide bonds. The van der Waals surface area contributed by atoms with Crippen LogP contribution in [-0.4, -0.2) is 37.0 Å². The summed E-state index contributed by atoms with van der Waals surface area (Å²) in [5.74, 6) is -0.811. The molecule has 2 aromatic carbocycles. The molecular formula is C22H24N2O4. The molecule has 0 radical (unpaired) electrons. The second-order valence-electron chi connectivity index (χ2n) is 6.98. The highest BCUT2D eigenvalue weighted by molar-refractivity contribution is 5.96. The van der Waals surface area contributed by atoms with E-state index in [0.717, 1.165) is 24.0 Å². The lowest BCUT2D eigenvalue weighted by atomic mass is 10.0. The Bertz CT molecular complexity index is 829. The van der Waals surface area contributed by atoms with Gasteiger partial charge < -0.3 is 15.4 Å². The van der Waals surface area contributed by atoms with Gasteiger partial charge in [-0.25, -0.2) is 0 Å². The molecular weight excluding hydrogens is 356 g/mol. The Kier molecular flexibility index (Phi) is 6.42. The highest BCUT2D eigenvalue weighted by atomic mass is 16.5. The van der Waals surface area contributed by atoms with Gasteiger partial charge in [-0.3, -0.25) is 14.4 Å². The predicted octanol–water partition coefficient (Wildman–Crippen LogP) is 2.54. The minimum Gasteiger partial charge on any atom is -0.454 e. The Balaban J connectivity index is 1.40. The fraction of sp³-hybridized carbons (Fsp3) is 0.318.